The predicted octanol–water partition coefficient (Wildman–Crippen LogP) is -1.05. The van der Waals surface area contributed by atoms with E-state index >= 15 is 0 Å². The standard InChI is InChI=1S/C23H28N4O7/c24-10-15(28)9-17-22(32)27-18(23(33)34)8-14-6-12(2-4-20(14)30)11-1-3-19(29)13(5-11)7-16(25)21(31)26-17/h1-6,15-18,28-30H,7-10,24-25H2,(H,26,31)(H,27,32)(H,33,34)/t15-,16?,17+,18?/m1/s1. The quantitative estimate of drug-likeness (QED) is 0.273. The maximum atomic E-state index is 12.9. The number of hydrogen-bond donors (Lipinski definition) is 8. The number of aliphatic hydroxyl groups is 1. The number of benzene rings is 2. The van der Waals surface area contributed by atoms with Crippen LogP contribution >= 0.6 is 0 Å². The molecule has 3 rings (SSSR count). The number of carbonyl (C=O) groups is 3. The van der Waals surface area contributed by atoms with Crippen LogP contribution in [0.3, 0.4) is 0 Å². The number of aromatic hydroxyl groups is 2. The summed E-state index contributed by atoms with van der Waals surface area (Å²) in [6, 6.07) is 5.46. The Bertz CT molecular complexity index is 1090. The Hall–Kier alpha value is -3.67. The van der Waals surface area contributed by atoms with E-state index in [4.69, 9.17) is 11.5 Å². The second-order valence-electron chi connectivity index (χ2n) is 8.29. The van der Waals surface area contributed by atoms with Gasteiger partial charge < -0.3 is 42.5 Å². The Morgan fingerprint density at radius 2 is 1.53 bits per heavy atom. The number of nitrogens with two attached hydrogens (primary N) is 2. The van der Waals surface area contributed by atoms with Crippen molar-refractivity contribution < 1.29 is 34.8 Å². The first-order chi connectivity index (χ1) is 16.1. The number of carboxylic acids is 1. The molecule has 2 amide bonds. The van der Waals surface area contributed by atoms with Gasteiger partial charge in [0, 0.05) is 25.8 Å². The second-order valence-corrected chi connectivity index (χ2v) is 8.29. The lowest BCUT2D eigenvalue weighted by Gasteiger charge is -2.24. The summed E-state index contributed by atoms with van der Waals surface area (Å²) in [5.41, 5.74) is 13.4. The van der Waals surface area contributed by atoms with Gasteiger partial charge in [0.05, 0.1) is 12.1 Å². The molecule has 1 heterocycles. The monoisotopic (exact) mass is 472 g/mol. The zero-order valence-electron chi connectivity index (χ0n) is 18.3. The van der Waals surface area contributed by atoms with E-state index in [9.17, 15) is 34.8 Å². The highest BCUT2D eigenvalue weighted by Gasteiger charge is 2.30. The summed E-state index contributed by atoms with van der Waals surface area (Å²) in [5.74, 6) is -3.16. The molecule has 10 N–H and O–H groups in total. The van der Waals surface area contributed by atoms with Crippen LogP contribution in [0, 0.1) is 0 Å². The highest BCUT2D eigenvalue weighted by atomic mass is 16.4. The van der Waals surface area contributed by atoms with Crippen molar-refractivity contribution in [3.63, 3.8) is 0 Å². The van der Waals surface area contributed by atoms with Gasteiger partial charge in [-0.15, -0.1) is 0 Å². The summed E-state index contributed by atoms with van der Waals surface area (Å²) < 4.78 is 0. The van der Waals surface area contributed by atoms with E-state index in [-0.39, 0.29) is 42.9 Å². The summed E-state index contributed by atoms with van der Waals surface area (Å²) in [6.07, 6.45) is -1.71. The molecule has 0 saturated heterocycles. The van der Waals surface area contributed by atoms with Crippen molar-refractivity contribution in [1.29, 1.82) is 0 Å². The van der Waals surface area contributed by atoms with E-state index in [0.29, 0.717) is 16.7 Å². The molecule has 34 heavy (non-hydrogen) atoms. The minimum atomic E-state index is -1.43. The molecule has 2 aromatic rings. The number of carboxylic acid groups (broad SMARTS) is 1. The van der Waals surface area contributed by atoms with Crippen molar-refractivity contribution in [2.75, 3.05) is 6.54 Å². The van der Waals surface area contributed by atoms with Gasteiger partial charge in [0.1, 0.15) is 23.6 Å². The van der Waals surface area contributed by atoms with Crippen LogP contribution in [0.4, 0.5) is 0 Å². The molecule has 0 spiro atoms. The number of phenols is 2. The molecule has 4 atom stereocenters. The Balaban J connectivity index is 2.09. The summed E-state index contributed by atoms with van der Waals surface area (Å²) in [6.45, 7) is -0.185. The van der Waals surface area contributed by atoms with E-state index < -0.39 is 42.0 Å². The molecular weight excluding hydrogens is 444 g/mol. The average molecular weight is 472 g/mol. The van der Waals surface area contributed by atoms with Gasteiger partial charge in [-0.1, -0.05) is 12.1 Å². The summed E-state index contributed by atoms with van der Waals surface area (Å²) in [4.78, 5) is 37.5. The van der Waals surface area contributed by atoms with E-state index in [0.717, 1.165) is 0 Å². The third kappa shape index (κ3) is 5.81. The molecule has 0 aromatic heterocycles. The fourth-order valence-corrected chi connectivity index (χ4v) is 3.76. The number of aliphatic carboxylic acids is 1. The molecule has 4 bridgehead atoms. The van der Waals surface area contributed by atoms with Crippen molar-refractivity contribution in [3.8, 4) is 22.6 Å². The lowest BCUT2D eigenvalue weighted by atomic mass is 9.95. The normalized spacial score (nSPS) is 22.0. The van der Waals surface area contributed by atoms with Crippen LogP contribution in [0.15, 0.2) is 36.4 Å². The van der Waals surface area contributed by atoms with Crippen molar-refractivity contribution in [2.45, 2.75) is 43.5 Å². The van der Waals surface area contributed by atoms with Crippen LogP contribution in [0.1, 0.15) is 17.5 Å². The van der Waals surface area contributed by atoms with E-state index in [1.165, 1.54) is 12.1 Å². The smallest absolute Gasteiger partial charge is 0.326 e. The number of fused-ring (bicyclic) bond motifs is 5. The van der Waals surface area contributed by atoms with Crippen LogP contribution in [0.25, 0.3) is 11.1 Å². The van der Waals surface area contributed by atoms with Gasteiger partial charge in [0.2, 0.25) is 11.8 Å². The van der Waals surface area contributed by atoms with Gasteiger partial charge in [-0.25, -0.2) is 4.79 Å². The SMILES string of the molecule is NC[C@H](O)C[C@@H]1NC(=O)C(N)Cc2cc(ccc2O)-c2ccc(O)c(c2)CC(C(=O)O)NC1=O. The van der Waals surface area contributed by atoms with Gasteiger partial charge in [-0.05, 0) is 46.5 Å². The first-order valence-electron chi connectivity index (χ1n) is 10.7. The molecule has 0 aliphatic carbocycles. The van der Waals surface area contributed by atoms with Crippen LogP contribution < -0.4 is 22.1 Å². The predicted molar refractivity (Wildman–Crippen MR) is 122 cm³/mol. The third-order valence-electron chi connectivity index (χ3n) is 5.72. The van der Waals surface area contributed by atoms with E-state index in [1.807, 2.05) is 0 Å². The second kappa shape index (κ2) is 10.5. The molecule has 11 nitrogen and oxygen atoms in total. The van der Waals surface area contributed by atoms with Crippen molar-refractivity contribution in [1.82, 2.24) is 10.6 Å². The number of rotatable bonds is 4. The number of nitrogens with one attached hydrogen (secondary N) is 2. The molecule has 2 unspecified atom stereocenters. The largest absolute Gasteiger partial charge is 0.508 e. The minimum absolute atomic E-state index is 0.0536. The molecule has 2 aromatic carbocycles. The first-order valence-corrected chi connectivity index (χ1v) is 10.7. The topological polar surface area (TPSA) is 208 Å². The number of phenolic OH excluding ortho intramolecular Hbond substituents is 2. The van der Waals surface area contributed by atoms with Crippen LogP contribution in [-0.4, -0.2) is 69.0 Å². The van der Waals surface area contributed by atoms with E-state index in [1.54, 1.807) is 24.3 Å². The number of amides is 2. The maximum Gasteiger partial charge on any atom is 0.326 e. The van der Waals surface area contributed by atoms with Gasteiger partial charge >= 0.3 is 5.97 Å². The van der Waals surface area contributed by atoms with Gasteiger partial charge in [-0.2, -0.15) is 0 Å². The lowest BCUT2D eigenvalue weighted by Crippen LogP contribution is -2.56. The highest BCUT2D eigenvalue weighted by molar-refractivity contribution is 5.92. The Morgan fingerprint density at radius 3 is 2.06 bits per heavy atom. The lowest BCUT2D eigenvalue weighted by molar-refractivity contribution is -0.142. The minimum Gasteiger partial charge on any atom is -0.508 e. The molecule has 0 fully saturated rings. The zero-order chi connectivity index (χ0) is 25.0. The Labute approximate surface area is 195 Å². The fraction of sp³-hybridized carbons (Fsp3) is 0.348. The van der Waals surface area contributed by atoms with Gasteiger partial charge in [-0.3, -0.25) is 9.59 Å². The summed E-state index contributed by atoms with van der Waals surface area (Å²) >= 11 is 0. The molecule has 182 valence electrons. The molecule has 1 aliphatic heterocycles. The molecule has 1 aliphatic rings. The summed E-state index contributed by atoms with van der Waals surface area (Å²) in [5, 5.41) is 45.0. The molecular formula is C23H28N4O7. The number of hydrogen-bond acceptors (Lipinski definition) is 8. The molecule has 11 heteroatoms. The van der Waals surface area contributed by atoms with Crippen molar-refractivity contribution in [2.24, 2.45) is 11.5 Å². The fourth-order valence-electron chi connectivity index (χ4n) is 3.76. The molecule has 0 saturated carbocycles. The number of aliphatic hydroxyl groups excluding tert-OH is 1. The van der Waals surface area contributed by atoms with Crippen molar-refractivity contribution in [3.05, 3.63) is 47.5 Å². The van der Waals surface area contributed by atoms with Crippen molar-refractivity contribution >= 4 is 17.8 Å². The van der Waals surface area contributed by atoms with Crippen LogP contribution in [0.2, 0.25) is 0 Å². The maximum absolute atomic E-state index is 12.9. The Morgan fingerprint density at radius 1 is 0.971 bits per heavy atom. The average Bonchev–Trinajstić information content (AvgIpc) is 2.79. The van der Waals surface area contributed by atoms with Gasteiger partial charge in [0.15, 0.2) is 0 Å². The third-order valence-corrected chi connectivity index (χ3v) is 5.72. The van der Waals surface area contributed by atoms with Crippen LogP contribution in [0.5, 0.6) is 11.5 Å². The van der Waals surface area contributed by atoms with E-state index in [2.05, 4.69) is 10.6 Å². The van der Waals surface area contributed by atoms with Crippen LogP contribution in [-0.2, 0) is 27.2 Å². The van der Waals surface area contributed by atoms with Gasteiger partial charge in [0.25, 0.3) is 0 Å². The first kappa shape index (κ1) is 25.0. The molecule has 0 radical (unpaired) electrons. The number of carbonyl (C=O) groups excluding carboxylic acids is 2. The highest BCUT2D eigenvalue weighted by Crippen LogP contribution is 2.30. The Kier molecular flexibility index (Phi) is 7.72. The zero-order valence-corrected chi connectivity index (χ0v) is 18.3. The summed E-state index contributed by atoms with van der Waals surface area (Å²) in [7, 11) is 0.